The number of aromatic nitrogens is 1. The molecule has 108 valence electrons. The van der Waals surface area contributed by atoms with Crippen molar-refractivity contribution in [1.82, 2.24) is 10.3 Å². The molecule has 5 nitrogen and oxygen atoms in total. The molecule has 1 aromatic heterocycles. The number of pyridine rings is 1. The predicted octanol–water partition coefficient (Wildman–Crippen LogP) is 1.46. The van der Waals surface area contributed by atoms with E-state index in [2.05, 4.69) is 10.3 Å². The molecule has 19 heavy (non-hydrogen) atoms. The molecule has 1 rings (SSSR count). The molecule has 0 atom stereocenters. The minimum Gasteiger partial charge on any atom is -0.496 e. The Labute approximate surface area is 115 Å². The molecule has 0 aliphatic carbocycles. The van der Waals surface area contributed by atoms with Crippen LogP contribution >= 0.6 is 0 Å². The Morgan fingerprint density at radius 1 is 1.16 bits per heavy atom. The van der Waals surface area contributed by atoms with Crippen molar-refractivity contribution in [3.63, 3.8) is 0 Å². The molecule has 0 aliphatic heterocycles. The summed E-state index contributed by atoms with van der Waals surface area (Å²) in [4.78, 5) is 4.43. The Morgan fingerprint density at radius 3 is 2.63 bits per heavy atom. The van der Waals surface area contributed by atoms with Gasteiger partial charge in [-0.25, -0.2) is 0 Å². The van der Waals surface area contributed by atoms with Gasteiger partial charge in [0.25, 0.3) is 0 Å². The molecule has 0 aliphatic rings. The van der Waals surface area contributed by atoms with Gasteiger partial charge in [-0.15, -0.1) is 0 Å². The summed E-state index contributed by atoms with van der Waals surface area (Å²) >= 11 is 0. The molecule has 0 saturated heterocycles. The fourth-order valence-corrected chi connectivity index (χ4v) is 1.84. The van der Waals surface area contributed by atoms with Gasteiger partial charge >= 0.3 is 0 Å². The van der Waals surface area contributed by atoms with Crippen molar-refractivity contribution >= 4 is 0 Å². The van der Waals surface area contributed by atoms with Crippen molar-refractivity contribution in [3.8, 4) is 5.75 Å². The molecule has 0 aromatic carbocycles. The van der Waals surface area contributed by atoms with E-state index in [-0.39, 0.29) is 0 Å². The highest BCUT2D eigenvalue weighted by Gasteiger charge is 2.08. The Kier molecular flexibility index (Phi) is 7.40. The van der Waals surface area contributed by atoms with Gasteiger partial charge < -0.3 is 19.5 Å². The fourth-order valence-electron chi connectivity index (χ4n) is 1.84. The van der Waals surface area contributed by atoms with E-state index in [1.54, 1.807) is 14.2 Å². The standard InChI is InChI=1S/C14H24N2O3/c1-11-9-16-13(12(2)14(11)18-4)10-15-5-6-19-8-7-17-3/h9,15H,5-8,10H2,1-4H3. The zero-order valence-electron chi connectivity index (χ0n) is 12.3. The Balaban J connectivity index is 2.33. The lowest BCUT2D eigenvalue weighted by Crippen LogP contribution is -2.21. The van der Waals surface area contributed by atoms with Crippen molar-refractivity contribution in [2.45, 2.75) is 20.4 Å². The summed E-state index contributed by atoms with van der Waals surface area (Å²) in [6, 6.07) is 0. The van der Waals surface area contributed by atoms with Crippen LogP contribution < -0.4 is 10.1 Å². The Morgan fingerprint density at radius 2 is 1.95 bits per heavy atom. The molecule has 0 spiro atoms. The van der Waals surface area contributed by atoms with E-state index in [0.717, 1.165) is 35.7 Å². The maximum Gasteiger partial charge on any atom is 0.128 e. The Hall–Kier alpha value is -1.17. The molecule has 1 aromatic rings. The third-order valence-corrected chi connectivity index (χ3v) is 2.90. The highest BCUT2D eigenvalue weighted by atomic mass is 16.5. The second-order valence-electron chi connectivity index (χ2n) is 4.33. The smallest absolute Gasteiger partial charge is 0.128 e. The SMILES string of the molecule is COCCOCCNCc1ncc(C)c(OC)c1C. The first-order valence-electron chi connectivity index (χ1n) is 6.47. The minimum atomic E-state index is 0.633. The van der Waals surface area contributed by atoms with Crippen LogP contribution in [0.5, 0.6) is 5.75 Å². The van der Waals surface area contributed by atoms with Crippen LogP contribution in [0.25, 0.3) is 0 Å². The highest BCUT2D eigenvalue weighted by molar-refractivity contribution is 5.40. The van der Waals surface area contributed by atoms with Crippen LogP contribution in [0.3, 0.4) is 0 Å². The maximum absolute atomic E-state index is 5.38. The van der Waals surface area contributed by atoms with Gasteiger partial charge in [0.05, 0.1) is 32.6 Å². The number of rotatable bonds is 9. The first-order valence-corrected chi connectivity index (χ1v) is 6.47. The third kappa shape index (κ3) is 5.14. The zero-order chi connectivity index (χ0) is 14.1. The van der Waals surface area contributed by atoms with E-state index in [1.165, 1.54) is 0 Å². The van der Waals surface area contributed by atoms with Crippen molar-refractivity contribution in [3.05, 3.63) is 23.0 Å². The molecular weight excluding hydrogens is 244 g/mol. The lowest BCUT2D eigenvalue weighted by Gasteiger charge is -2.12. The number of nitrogens with one attached hydrogen (secondary N) is 1. The van der Waals surface area contributed by atoms with Crippen LogP contribution in [-0.4, -0.2) is 45.6 Å². The molecule has 0 amide bonds. The van der Waals surface area contributed by atoms with Gasteiger partial charge in [-0.1, -0.05) is 0 Å². The van der Waals surface area contributed by atoms with Crippen molar-refractivity contribution in [2.24, 2.45) is 0 Å². The second-order valence-corrected chi connectivity index (χ2v) is 4.33. The Bertz CT molecular complexity index is 383. The van der Waals surface area contributed by atoms with Crippen molar-refractivity contribution in [1.29, 1.82) is 0 Å². The summed E-state index contributed by atoms with van der Waals surface area (Å²) in [5.74, 6) is 0.920. The lowest BCUT2D eigenvalue weighted by molar-refractivity contribution is 0.0719. The minimum absolute atomic E-state index is 0.633. The number of ether oxygens (including phenoxy) is 3. The van der Waals surface area contributed by atoms with Gasteiger partial charge in [-0.2, -0.15) is 0 Å². The number of nitrogens with zero attached hydrogens (tertiary/aromatic N) is 1. The molecule has 0 bridgehead atoms. The second kappa shape index (κ2) is 8.85. The average Bonchev–Trinajstić information content (AvgIpc) is 2.40. The van der Waals surface area contributed by atoms with E-state index in [9.17, 15) is 0 Å². The quantitative estimate of drug-likeness (QED) is 0.687. The van der Waals surface area contributed by atoms with Crippen molar-refractivity contribution in [2.75, 3.05) is 40.6 Å². The number of aryl methyl sites for hydroxylation is 1. The molecule has 0 unspecified atom stereocenters. The first kappa shape index (κ1) is 15.9. The fraction of sp³-hybridized carbons (Fsp3) is 0.643. The van der Waals surface area contributed by atoms with E-state index in [1.807, 2.05) is 20.0 Å². The van der Waals surface area contributed by atoms with Gasteiger partial charge in [0.2, 0.25) is 0 Å². The summed E-state index contributed by atoms with van der Waals surface area (Å²) < 4.78 is 15.7. The zero-order valence-corrected chi connectivity index (χ0v) is 12.3. The summed E-state index contributed by atoms with van der Waals surface area (Å²) in [5.41, 5.74) is 3.17. The van der Waals surface area contributed by atoms with Gasteiger partial charge in [0, 0.05) is 37.5 Å². The third-order valence-electron chi connectivity index (χ3n) is 2.90. The van der Waals surface area contributed by atoms with Crippen LogP contribution in [0.4, 0.5) is 0 Å². The van der Waals surface area contributed by atoms with E-state index >= 15 is 0 Å². The van der Waals surface area contributed by atoms with Gasteiger partial charge in [-0.05, 0) is 13.8 Å². The molecular formula is C14H24N2O3. The monoisotopic (exact) mass is 268 g/mol. The van der Waals surface area contributed by atoms with Crippen LogP contribution in [-0.2, 0) is 16.0 Å². The first-order chi connectivity index (χ1) is 9.20. The normalized spacial score (nSPS) is 10.7. The predicted molar refractivity (Wildman–Crippen MR) is 74.7 cm³/mol. The summed E-state index contributed by atoms with van der Waals surface area (Å²) in [6.45, 7) is 7.48. The van der Waals surface area contributed by atoms with Crippen LogP contribution in [0.15, 0.2) is 6.20 Å². The topological polar surface area (TPSA) is 52.6 Å². The molecule has 0 radical (unpaired) electrons. The van der Waals surface area contributed by atoms with E-state index in [0.29, 0.717) is 19.8 Å². The highest BCUT2D eigenvalue weighted by Crippen LogP contribution is 2.23. The van der Waals surface area contributed by atoms with E-state index < -0.39 is 0 Å². The molecule has 1 heterocycles. The summed E-state index contributed by atoms with van der Waals surface area (Å²) in [5, 5.41) is 3.31. The number of hydrogen-bond acceptors (Lipinski definition) is 5. The van der Waals surface area contributed by atoms with E-state index in [4.69, 9.17) is 14.2 Å². The van der Waals surface area contributed by atoms with Gasteiger partial charge in [-0.3, -0.25) is 4.98 Å². The average molecular weight is 268 g/mol. The maximum atomic E-state index is 5.38. The molecule has 0 fully saturated rings. The molecule has 1 N–H and O–H groups in total. The largest absolute Gasteiger partial charge is 0.496 e. The molecule has 5 heteroatoms. The van der Waals surface area contributed by atoms with Gasteiger partial charge in [0.1, 0.15) is 5.75 Å². The molecule has 0 saturated carbocycles. The lowest BCUT2D eigenvalue weighted by atomic mass is 10.1. The van der Waals surface area contributed by atoms with Crippen LogP contribution in [0, 0.1) is 13.8 Å². The van der Waals surface area contributed by atoms with Crippen LogP contribution in [0.2, 0.25) is 0 Å². The van der Waals surface area contributed by atoms with Gasteiger partial charge in [0.15, 0.2) is 0 Å². The van der Waals surface area contributed by atoms with Crippen LogP contribution in [0.1, 0.15) is 16.8 Å². The number of hydrogen-bond donors (Lipinski definition) is 1. The van der Waals surface area contributed by atoms with Crippen molar-refractivity contribution < 1.29 is 14.2 Å². The summed E-state index contributed by atoms with van der Waals surface area (Å²) in [7, 11) is 3.36. The number of methoxy groups -OCH3 is 2. The summed E-state index contributed by atoms with van der Waals surface area (Å²) in [6.07, 6.45) is 1.85.